The van der Waals surface area contributed by atoms with Crippen LogP contribution in [-0.2, 0) is 4.43 Å². The summed E-state index contributed by atoms with van der Waals surface area (Å²) < 4.78 is 5.96. The molecule has 1 unspecified atom stereocenters. The average Bonchev–Trinajstić information content (AvgIpc) is 2.12. The van der Waals surface area contributed by atoms with Crippen LogP contribution < -0.4 is 0 Å². The van der Waals surface area contributed by atoms with Gasteiger partial charge in [0, 0.05) is 5.33 Å². The minimum absolute atomic E-state index is 0.0771. The summed E-state index contributed by atoms with van der Waals surface area (Å²) in [7, 11) is -1.51. The molecule has 0 aliphatic heterocycles. The van der Waals surface area contributed by atoms with Crippen molar-refractivity contribution in [1.29, 1.82) is 0 Å². The molecule has 0 spiro atoms. The largest absolute Gasteiger partial charge is 0.411 e. The van der Waals surface area contributed by atoms with E-state index in [1.165, 1.54) is 0 Å². The fraction of sp³-hybridized carbons (Fsp3) is 0.636. The molecule has 1 atom stereocenters. The summed E-state index contributed by atoms with van der Waals surface area (Å²) in [6, 6.07) is 0. The van der Waals surface area contributed by atoms with Crippen LogP contribution in [0.3, 0.4) is 0 Å². The molecular formula is C11H21BrO2Si. The van der Waals surface area contributed by atoms with Crippen molar-refractivity contribution in [2.75, 3.05) is 11.9 Å². The molecule has 0 aliphatic carbocycles. The molecule has 0 aliphatic rings. The molecule has 15 heavy (non-hydrogen) atoms. The zero-order valence-corrected chi connectivity index (χ0v) is 12.3. The van der Waals surface area contributed by atoms with Gasteiger partial charge >= 0.3 is 0 Å². The van der Waals surface area contributed by atoms with E-state index in [0.29, 0.717) is 0 Å². The minimum atomic E-state index is -1.51. The van der Waals surface area contributed by atoms with Crippen LogP contribution in [0.2, 0.25) is 19.6 Å². The molecule has 0 amide bonds. The van der Waals surface area contributed by atoms with Gasteiger partial charge in [-0.3, -0.25) is 0 Å². The van der Waals surface area contributed by atoms with Crippen LogP contribution in [-0.4, -0.2) is 31.5 Å². The van der Waals surface area contributed by atoms with Gasteiger partial charge in [0.1, 0.15) is 0 Å². The molecule has 0 bridgehead atoms. The van der Waals surface area contributed by atoms with Crippen molar-refractivity contribution in [3.8, 4) is 0 Å². The van der Waals surface area contributed by atoms with Crippen molar-refractivity contribution in [2.24, 2.45) is 0 Å². The molecule has 0 aromatic carbocycles. The second-order valence-electron chi connectivity index (χ2n) is 4.24. The Morgan fingerprint density at radius 1 is 1.27 bits per heavy atom. The molecule has 1 N–H and O–H groups in total. The lowest BCUT2D eigenvalue weighted by atomic mass is 10.2. The molecule has 0 fully saturated rings. The second-order valence-corrected chi connectivity index (χ2v) is 9.35. The molecule has 2 nitrogen and oxygen atoms in total. The van der Waals surface area contributed by atoms with Crippen LogP contribution in [0.5, 0.6) is 0 Å². The number of halogens is 1. The first-order valence-corrected chi connectivity index (χ1v) is 9.69. The maximum absolute atomic E-state index is 8.73. The van der Waals surface area contributed by atoms with Crippen LogP contribution in [0, 0.1) is 0 Å². The lowest BCUT2D eigenvalue weighted by molar-refractivity contribution is 0.243. The van der Waals surface area contributed by atoms with Gasteiger partial charge in [0.15, 0.2) is 8.32 Å². The van der Waals surface area contributed by atoms with Gasteiger partial charge in [-0.25, -0.2) is 0 Å². The van der Waals surface area contributed by atoms with Gasteiger partial charge in [-0.05, 0) is 26.1 Å². The lowest BCUT2D eigenvalue weighted by Gasteiger charge is -2.23. The smallest absolute Gasteiger partial charge is 0.184 e. The Morgan fingerprint density at radius 3 is 2.40 bits per heavy atom. The van der Waals surface area contributed by atoms with Gasteiger partial charge in [-0.2, -0.15) is 0 Å². The predicted molar refractivity (Wildman–Crippen MR) is 72.0 cm³/mol. The highest BCUT2D eigenvalue weighted by Gasteiger charge is 2.18. The number of aliphatic hydroxyl groups excluding tert-OH is 1. The molecule has 88 valence electrons. The van der Waals surface area contributed by atoms with Crippen LogP contribution in [0.4, 0.5) is 0 Å². The van der Waals surface area contributed by atoms with Crippen molar-refractivity contribution in [2.45, 2.75) is 32.2 Å². The highest BCUT2D eigenvalue weighted by Crippen LogP contribution is 2.12. The second kappa shape index (κ2) is 8.27. The zero-order chi connectivity index (χ0) is 11.7. The van der Waals surface area contributed by atoms with Gasteiger partial charge in [0.05, 0.1) is 12.7 Å². The lowest BCUT2D eigenvalue weighted by Crippen LogP contribution is -2.30. The first kappa shape index (κ1) is 15.1. The van der Waals surface area contributed by atoms with E-state index < -0.39 is 8.32 Å². The van der Waals surface area contributed by atoms with Gasteiger partial charge in [0.25, 0.3) is 0 Å². The molecule has 4 heteroatoms. The summed E-state index contributed by atoms with van der Waals surface area (Å²) in [6.45, 7) is 6.58. The normalized spacial score (nSPS) is 15.3. The number of allylic oxidation sites excluding steroid dienone is 1. The topological polar surface area (TPSA) is 29.5 Å². The number of rotatable bonds is 7. The fourth-order valence-corrected chi connectivity index (χ4v) is 2.47. The third-order valence-corrected chi connectivity index (χ3v) is 2.97. The number of alkyl halides is 1. The van der Waals surface area contributed by atoms with Crippen molar-refractivity contribution in [1.82, 2.24) is 0 Å². The van der Waals surface area contributed by atoms with E-state index >= 15 is 0 Å². The number of aliphatic hydroxyl groups is 1. The summed E-state index contributed by atoms with van der Waals surface area (Å²) in [6.07, 6.45) is 8.81. The highest BCUT2D eigenvalue weighted by molar-refractivity contribution is 9.09. The van der Waals surface area contributed by atoms with Crippen molar-refractivity contribution >= 4 is 24.2 Å². The van der Waals surface area contributed by atoms with Crippen LogP contribution in [0.1, 0.15) is 6.42 Å². The maximum atomic E-state index is 8.73. The summed E-state index contributed by atoms with van der Waals surface area (Å²) in [5.74, 6) is 0. The Bertz CT molecular complexity index is 209. The molecule has 0 aromatic rings. The van der Waals surface area contributed by atoms with Crippen molar-refractivity contribution in [3.05, 3.63) is 24.3 Å². The molecular weight excluding hydrogens is 272 g/mol. The van der Waals surface area contributed by atoms with Crippen LogP contribution in [0.25, 0.3) is 0 Å². The summed E-state index contributed by atoms with van der Waals surface area (Å²) in [5, 5.41) is 9.60. The Morgan fingerprint density at radius 2 is 1.93 bits per heavy atom. The first-order valence-electron chi connectivity index (χ1n) is 5.16. The van der Waals surface area contributed by atoms with Crippen molar-refractivity contribution in [3.63, 3.8) is 0 Å². The van der Waals surface area contributed by atoms with E-state index in [2.05, 4.69) is 47.7 Å². The van der Waals surface area contributed by atoms with Crippen molar-refractivity contribution < 1.29 is 9.53 Å². The van der Waals surface area contributed by atoms with E-state index in [1.54, 1.807) is 6.08 Å². The molecule has 0 heterocycles. The van der Waals surface area contributed by atoms with Gasteiger partial charge in [-0.15, -0.1) is 0 Å². The van der Waals surface area contributed by atoms with Gasteiger partial charge < -0.3 is 9.53 Å². The van der Waals surface area contributed by atoms with Gasteiger partial charge in [0.2, 0.25) is 0 Å². The summed E-state index contributed by atoms with van der Waals surface area (Å²) in [5.41, 5.74) is 0. The number of hydrogen-bond donors (Lipinski definition) is 1. The van der Waals surface area contributed by atoms with E-state index in [1.807, 2.05) is 6.08 Å². The Labute approximate surface area is 102 Å². The summed E-state index contributed by atoms with van der Waals surface area (Å²) in [4.78, 5) is 0. The standard InChI is InChI=1S/C11H21BrO2Si/c1-15(2,3)14-11(8-6-10-13)7-4-5-9-12/h4-6,8,11,13H,7,9-10H2,1-3H3. The fourth-order valence-electron chi connectivity index (χ4n) is 1.13. The quantitative estimate of drug-likeness (QED) is 0.444. The molecule has 0 saturated carbocycles. The average molecular weight is 293 g/mol. The molecule has 0 rings (SSSR count). The first-order chi connectivity index (χ1) is 6.99. The van der Waals surface area contributed by atoms with Crippen LogP contribution in [0.15, 0.2) is 24.3 Å². The van der Waals surface area contributed by atoms with E-state index in [9.17, 15) is 0 Å². The minimum Gasteiger partial charge on any atom is -0.411 e. The number of hydrogen-bond acceptors (Lipinski definition) is 2. The van der Waals surface area contributed by atoms with E-state index in [0.717, 1.165) is 11.8 Å². The zero-order valence-electron chi connectivity index (χ0n) is 9.74. The van der Waals surface area contributed by atoms with E-state index in [-0.39, 0.29) is 12.7 Å². The molecule has 0 radical (unpaired) electrons. The monoisotopic (exact) mass is 292 g/mol. The third-order valence-electron chi connectivity index (χ3n) is 1.59. The van der Waals surface area contributed by atoms with Crippen LogP contribution >= 0.6 is 15.9 Å². The highest BCUT2D eigenvalue weighted by atomic mass is 79.9. The SMILES string of the molecule is C[Si](C)(C)OC(C=CCO)CC=CCBr. The Kier molecular flexibility index (Phi) is 8.33. The Balaban J connectivity index is 4.18. The maximum Gasteiger partial charge on any atom is 0.184 e. The molecule has 0 saturated heterocycles. The summed E-state index contributed by atoms with van der Waals surface area (Å²) >= 11 is 3.34. The molecule has 0 aromatic heterocycles. The Hall–Kier alpha value is 0.0969. The predicted octanol–water partition coefficient (Wildman–Crippen LogP) is 3.10. The van der Waals surface area contributed by atoms with E-state index in [4.69, 9.17) is 9.53 Å². The van der Waals surface area contributed by atoms with Gasteiger partial charge in [-0.1, -0.05) is 40.2 Å². The third kappa shape index (κ3) is 10.4.